The van der Waals surface area contributed by atoms with E-state index in [9.17, 15) is 4.79 Å². The van der Waals surface area contributed by atoms with E-state index in [-0.39, 0.29) is 5.91 Å². The number of nitrogens with zero attached hydrogens (tertiary/aromatic N) is 1. The summed E-state index contributed by atoms with van der Waals surface area (Å²) in [5, 5.41) is 3.40. The fourth-order valence-electron chi connectivity index (χ4n) is 1.89. The van der Waals surface area contributed by atoms with Crippen molar-refractivity contribution >= 4 is 23.2 Å². The molecule has 1 N–H and O–H groups in total. The predicted octanol–water partition coefficient (Wildman–Crippen LogP) is 3.79. The number of hydrogen-bond acceptors (Lipinski definition) is 2. The molecule has 0 aliphatic carbocycles. The van der Waals surface area contributed by atoms with E-state index in [1.165, 1.54) is 19.3 Å². The van der Waals surface area contributed by atoms with E-state index in [2.05, 4.69) is 12.2 Å². The number of nitrogens with one attached hydrogen (secondary N) is 1. The minimum absolute atomic E-state index is 0.0221. The first-order valence-corrected chi connectivity index (χ1v) is 7.24. The van der Waals surface area contributed by atoms with E-state index >= 15 is 0 Å². The Morgan fingerprint density at radius 3 is 2.68 bits per heavy atom. The maximum absolute atomic E-state index is 11.9. The highest BCUT2D eigenvalue weighted by Crippen LogP contribution is 2.20. The number of likely N-dealkylation sites (N-methyl/N-ethyl adjacent to an activating group) is 1. The largest absolute Gasteiger partial charge is 0.324 e. The monoisotopic (exact) mass is 282 g/mol. The van der Waals surface area contributed by atoms with E-state index in [0.29, 0.717) is 17.3 Å². The van der Waals surface area contributed by atoms with Crippen molar-refractivity contribution in [3.05, 3.63) is 29.3 Å². The minimum Gasteiger partial charge on any atom is -0.324 e. The summed E-state index contributed by atoms with van der Waals surface area (Å²) in [4.78, 5) is 13.9. The van der Waals surface area contributed by atoms with Crippen molar-refractivity contribution in [2.45, 2.75) is 32.6 Å². The fraction of sp³-hybridized carbons (Fsp3) is 0.533. The lowest BCUT2D eigenvalue weighted by Crippen LogP contribution is -2.31. The molecule has 0 heterocycles. The maximum atomic E-state index is 11.9. The predicted molar refractivity (Wildman–Crippen MR) is 81.7 cm³/mol. The lowest BCUT2D eigenvalue weighted by molar-refractivity contribution is -0.117. The summed E-state index contributed by atoms with van der Waals surface area (Å²) < 4.78 is 0. The van der Waals surface area contributed by atoms with Crippen LogP contribution in [0.3, 0.4) is 0 Å². The van der Waals surface area contributed by atoms with Crippen molar-refractivity contribution in [2.24, 2.45) is 0 Å². The van der Waals surface area contributed by atoms with Gasteiger partial charge in [-0.1, -0.05) is 49.9 Å². The molecule has 19 heavy (non-hydrogen) atoms. The number of hydrogen-bond donors (Lipinski definition) is 1. The van der Waals surface area contributed by atoms with Crippen LogP contribution >= 0.6 is 11.6 Å². The average Bonchev–Trinajstić information content (AvgIpc) is 2.37. The van der Waals surface area contributed by atoms with Crippen LogP contribution in [-0.4, -0.2) is 30.9 Å². The lowest BCUT2D eigenvalue weighted by atomic mass is 10.2. The molecule has 0 saturated heterocycles. The number of carbonyl (C=O) groups is 1. The Balaban J connectivity index is 2.29. The smallest absolute Gasteiger partial charge is 0.238 e. The molecule has 1 amide bonds. The molecule has 0 fully saturated rings. The molecule has 3 nitrogen and oxygen atoms in total. The second-order valence-corrected chi connectivity index (χ2v) is 5.23. The molecule has 0 radical (unpaired) electrons. The average molecular weight is 283 g/mol. The minimum atomic E-state index is -0.0221. The molecule has 1 aromatic rings. The van der Waals surface area contributed by atoms with Gasteiger partial charge < -0.3 is 5.32 Å². The van der Waals surface area contributed by atoms with Crippen LogP contribution in [0, 0.1) is 0 Å². The van der Waals surface area contributed by atoms with Crippen molar-refractivity contribution in [1.82, 2.24) is 4.90 Å². The quantitative estimate of drug-likeness (QED) is 0.736. The van der Waals surface area contributed by atoms with Crippen molar-refractivity contribution < 1.29 is 4.79 Å². The number of unbranched alkanes of at least 4 members (excludes halogenated alkanes) is 3. The lowest BCUT2D eigenvalue weighted by Gasteiger charge is -2.16. The molecule has 1 aromatic carbocycles. The SMILES string of the molecule is CCCCCCN(C)CC(=O)Nc1ccccc1Cl. The molecule has 0 aromatic heterocycles. The Kier molecular flexibility index (Phi) is 7.53. The van der Waals surface area contributed by atoms with Gasteiger partial charge in [-0.15, -0.1) is 0 Å². The second kappa shape index (κ2) is 8.94. The number of carbonyl (C=O) groups excluding carboxylic acids is 1. The normalized spacial score (nSPS) is 10.7. The van der Waals surface area contributed by atoms with Crippen molar-refractivity contribution in [1.29, 1.82) is 0 Å². The Morgan fingerprint density at radius 1 is 1.26 bits per heavy atom. The third-order valence-corrected chi connectivity index (χ3v) is 3.28. The highest BCUT2D eigenvalue weighted by Gasteiger charge is 2.08. The first kappa shape index (κ1) is 16.0. The molecular formula is C15H23ClN2O. The number of anilines is 1. The number of amides is 1. The molecule has 1 rings (SSSR count). The van der Waals surface area contributed by atoms with Gasteiger partial charge in [-0.2, -0.15) is 0 Å². The van der Waals surface area contributed by atoms with E-state index in [4.69, 9.17) is 11.6 Å². The topological polar surface area (TPSA) is 32.3 Å². The third kappa shape index (κ3) is 6.60. The van der Waals surface area contributed by atoms with Crippen LogP contribution in [0.5, 0.6) is 0 Å². The van der Waals surface area contributed by atoms with Crippen LogP contribution in [-0.2, 0) is 4.79 Å². The second-order valence-electron chi connectivity index (χ2n) is 4.83. The zero-order valence-electron chi connectivity index (χ0n) is 11.8. The fourth-order valence-corrected chi connectivity index (χ4v) is 2.07. The molecule has 0 atom stereocenters. The third-order valence-electron chi connectivity index (χ3n) is 2.95. The van der Waals surface area contributed by atoms with Crippen LogP contribution in [0.1, 0.15) is 32.6 Å². The van der Waals surface area contributed by atoms with E-state index < -0.39 is 0 Å². The first-order chi connectivity index (χ1) is 9.13. The van der Waals surface area contributed by atoms with Gasteiger partial charge in [0.2, 0.25) is 5.91 Å². The van der Waals surface area contributed by atoms with Crippen LogP contribution in [0.4, 0.5) is 5.69 Å². The maximum Gasteiger partial charge on any atom is 0.238 e. The molecule has 0 aliphatic heterocycles. The number of benzene rings is 1. The molecule has 106 valence electrons. The summed E-state index contributed by atoms with van der Waals surface area (Å²) in [7, 11) is 1.97. The van der Waals surface area contributed by atoms with Gasteiger partial charge >= 0.3 is 0 Å². The van der Waals surface area contributed by atoms with Gasteiger partial charge in [-0.3, -0.25) is 9.69 Å². The molecule has 0 bridgehead atoms. The van der Waals surface area contributed by atoms with Gasteiger partial charge in [-0.25, -0.2) is 0 Å². The van der Waals surface area contributed by atoms with Crippen LogP contribution in [0.15, 0.2) is 24.3 Å². The standard InChI is InChI=1S/C15H23ClN2O/c1-3-4-5-8-11-18(2)12-15(19)17-14-10-7-6-9-13(14)16/h6-7,9-10H,3-5,8,11-12H2,1-2H3,(H,17,19). The molecule has 0 aliphatic rings. The zero-order chi connectivity index (χ0) is 14.1. The molecular weight excluding hydrogens is 260 g/mol. The van der Waals surface area contributed by atoms with Crippen molar-refractivity contribution in [2.75, 3.05) is 25.5 Å². The van der Waals surface area contributed by atoms with Gasteiger partial charge in [0.25, 0.3) is 0 Å². The summed E-state index contributed by atoms with van der Waals surface area (Å²) >= 11 is 5.99. The van der Waals surface area contributed by atoms with Crippen LogP contribution in [0.25, 0.3) is 0 Å². The number of rotatable bonds is 8. The Hall–Kier alpha value is -1.06. The van der Waals surface area contributed by atoms with Crippen molar-refractivity contribution in [3.8, 4) is 0 Å². The first-order valence-electron chi connectivity index (χ1n) is 6.86. The number of halogens is 1. The molecule has 0 spiro atoms. The highest BCUT2D eigenvalue weighted by molar-refractivity contribution is 6.33. The van der Waals surface area contributed by atoms with E-state index in [0.717, 1.165) is 13.0 Å². The van der Waals surface area contributed by atoms with Crippen molar-refractivity contribution in [3.63, 3.8) is 0 Å². The molecule has 0 saturated carbocycles. The highest BCUT2D eigenvalue weighted by atomic mass is 35.5. The van der Waals surface area contributed by atoms with Crippen LogP contribution in [0.2, 0.25) is 5.02 Å². The summed E-state index contributed by atoms with van der Waals surface area (Å²) in [5.41, 5.74) is 0.675. The van der Waals surface area contributed by atoms with E-state index in [1.807, 2.05) is 30.1 Å². The van der Waals surface area contributed by atoms with Gasteiger partial charge in [0.15, 0.2) is 0 Å². The Morgan fingerprint density at radius 2 is 2.00 bits per heavy atom. The molecule has 0 unspecified atom stereocenters. The summed E-state index contributed by atoms with van der Waals surface area (Å²) in [5.74, 6) is -0.0221. The van der Waals surface area contributed by atoms with Gasteiger partial charge in [0.05, 0.1) is 17.3 Å². The number of para-hydroxylation sites is 1. The summed E-state index contributed by atoms with van der Waals surface area (Å²) in [6, 6.07) is 7.28. The Bertz CT molecular complexity index is 395. The van der Waals surface area contributed by atoms with Gasteiger partial charge in [0, 0.05) is 0 Å². The summed E-state index contributed by atoms with van der Waals surface area (Å²) in [6.07, 6.45) is 4.87. The summed E-state index contributed by atoms with van der Waals surface area (Å²) in [6.45, 7) is 3.55. The van der Waals surface area contributed by atoms with Gasteiger partial charge in [-0.05, 0) is 32.1 Å². The zero-order valence-corrected chi connectivity index (χ0v) is 12.5. The van der Waals surface area contributed by atoms with E-state index in [1.54, 1.807) is 6.07 Å². The molecule has 4 heteroatoms. The van der Waals surface area contributed by atoms with Crippen LogP contribution < -0.4 is 5.32 Å². The Labute approximate surface area is 120 Å². The van der Waals surface area contributed by atoms with Gasteiger partial charge in [0.1, 0.15) is 0 Å².